The van der Waals surface area contributed by atoms with Crippen molar-refractivity contribution in [3.63, 3.8) is 0 Å². The molecule has 1 aromatic heterocycles. The Bertz CT molecular complexity index is 1570. The van der Waals surface area contributed by atoms with Gasteiger partial charge in [0.2, 0.25) is 0 Å². The Morgan fingerprint density at radius 1 is 1.00 bits per heavy atom. The lowest BCUT2D eigenvalue weighted by Crippen LogP contribution is -2.40. The van der Waals surface area contributed by atoms with Gasteiger partial charge in [0.1, 0.15) is 23.1 Å². The molecule has 4 aromatic rings. The first-order chi connectivity index (χ1) is 19.3. The van der Waals surface area contributed by atoms with E-state index < -0.39 is 6.04 Å². The molecule has 0 radical (unpaired) electrons. The maximum absolute atomic E-state index is 14.0. The van der Waals surface area contributed by atoms with Gasteiger partial charge in [-0.1, -0.05) is 31.5 Å². The van der Waals surface area contributed by atoms with Gasteiger partial charge in [-0.3, -0.25) is 9.36 Å². The number of ether oxygens (including phenoxy) is 3. The minimum absolute atomic E-state index is 0.232. The van der Waals surface area contributed by atoms with Gasteiger partial charge in [0.15, 0.2) is 0 Å². The zero-order valence-corrected chi connectivity index (χ0v) is 23.9. The van der Waals surface area contributed by atoms with Gasteiger partial charge in [0.25, 0.3) is 5.56 Å². The van der Waals surface area contributed by atoms with E-state index in [1.165, 1.54) is 7.11 Å². The number of unbranched alkanes of at least 4 members (excludes halogenated alkanes) is 1. The van der Waals surface area contributed by atoms with Crippen molar-refractivity contribution < 1.29 is 19.0 Å². The molecule has 2 amide bonds. The van der Waals surface area contributed by atoms with E-state index in [4.69, 9.17) is 19.2 Å². The fraction of sp³-hybridized carbons (Fsp3) is 0.323. The van der Waals surface area contributed by atoms with Crippen LogP contribution in [0.5, 0.6) is 17.2 Å². The lowest BCUT2D eigenvalue weighted by Gasteiger charge is -2.31. The summed E-state index contributed by atoms with van der Waals surface area (Å²) in [7, 11) is 4.68. The first-order valence-electron chi connectivity index (χ1n) is 13.3. The van der Waals surface area contributed by atoms with Crippen molar-refractivity contribution in [2.45, 2.75) is 39.7 Å². The molecule has 1 heterocycles. The van der Waals surface area contributed by atoms with Gasteiger partial charge in [-0.15, -0.1) is 0 Å². The molecular formula is C31H36N4O5. The number of carbonyl (C=O) groups is 1. The summed E-state index contributed by atoms with van der Waals surface area (Å²) in [5, 5.41) is 3.46. The number of carbonyl (C=O) groups excluding carboxylic acids is 1. The number of fused-ring (bicyclic) bond motifs is 1. The maximum Gasteiger partial charge on any atom is 0.322 e. The summed E-state index contributed by atoms with van der Waals surface area (Å²) in [4.78, 5) is 34.4. The van der Waals surface area contributed by atoms with Crippen LogP contribution < -0.4 is 25.1 Å². The Morgan fingerprint density at radius 3 is 2.45 bits per heavy atom. The summed E-state index contributed by atoms with van der Waals surface area (Å²) >= 11 is 0. The van der Waals surface area contributed by atoms with Gasteiger partial charge in [-0.2, -0.15) is 0 Å². The van der Waals surface area contributed by atoms with Crippen molar-refractivity contribution >= 4 is 22.6 Å². The SMILES string of the molecule is CCCCN(C(=O)Nc1ccc(OC)cc1OC)C(C)c1nc2ccccc2c(=O)n1-c1cc(C)ccc1OC. The number of hydrogen-bond acceptors (Lipinski definition) is 6. The second-order valence-electron chi connectivity index (χ2n) is 9.52. The number of anilines is 1. The summed E-state index contributed by atoms with van der Waals surface area (Å²) in [5.74, 6) is 2.05. The number of hydrogen-bond donors (Lipinski definition) is 1. The van der Waals surface area contributed by atoms with Crippen LogP contribution >= 0.6 is 0 Å². The third kappa shape index (κ3) is 5.73. The van der Waals surface area contributed by atoms with Crippen LogP contribution in [0.3, 0.4) is 0 Å². The largest absolute Gasteiger partial charge is 0.497 e. The third-order valence-corrected chi connectivity index (χ3v) is 6.88. The number of rotatable bonds is 10. The summed E-state index contributed by atoms with van der Waals surface area (Å²) in [6.45, 7) is 6.36. The lowest BCUT2D eigenvalue weighted by atomic mass is 10.1. The number of amides is 2. The van der Waals surface area contributed by atoms with Crippen LogP contribution in [0.25, 0.3) is 16.6 Å². The molecule has 0 saturated carbocycles. The zero-order valence-electron chi connectivity index (χ0n) is 23.9. The smallest absolute Gasteiger partial charge is 0.322 e. The lowest BCUT2D eigenvalue weighted by molar-refractivity contribution is 0.188. The predicted molar refractivity (Wildman–Crippen MR) is 157 cm³/mol. The molecule has 9 nitrogen and oxygen atoms in total. The van der Waals surface area contributed by atoms with Crippen molar-refractivity contribution in [3.8, 4) is 22.9 Å². The number of nitrogens with one attached hydrogen (secondary N) is 1. The van der Waals surface area contributed by atoms with Gasteiger partial charge in [0, 0.05) is 12.6 Å². The van der Waals surface area contributed by atoms with E-state index in [1.54, 1.807) is 48.0 Å². The molecule has 210 valence electrons. The Morgan fingerprint density at radius 2 is 1.75 bits per heavy atom. The van der Waals surface area contributed by atoms with Crippen molar-refractivity contribution in [2.75, 3.05) is 33.2 Å². The molecule has 0 bridgehead atoms. The molecular weight excluding hydrogens is 508 g/mol. The molecule has 0 saturated heterocycles. The van der Waals surface area contributed by atoms with Gasteiger partial charge >= 0.3 is 6.03 Å². The minimum Gasteiger partial charge on any atom is -0.497 e. The normalized spacial score (nSPS) is 11.7. The van der Waals surface area contributed by atoms with E-state index in [9.17, 15) is 9.59 Å². The average molecular weight is 545 g/mol. The standard InChI is InChI=1S/C31H36N4O5/c1-7-8-17-34(31(37)33-25-15-14-22(38-4)19-28(25)40-6)21(3)29-32-24-12-10-9-11-23(24)30(36)35(29)26-18-20(2)13-16-27(26)39-5/h9-16,18-19,21H,7-8,17H2,1-6H3,(H,33,37). The van der Waals surface area contributed by atoms with E-state index in [-0.39, 0.29) is 11.6 Å². The number of para-hydroxylation sites is 1. The first kappa shape index (κ1) is 28.5. The number of methoxy groups -OCH3 is 3. The molecule has 0 fully saturated rings. The fourth-order valence-electron chi connectivity index (χ4n) is 4.67. The molecule has 3 aromatic carbocycles. The van der Waals surface area contributed by atoms with Crippen LogP contribution in [-0.4, -0.2) is 48.4 Å². The Labute approximate surface area is 234 Å². The highest BCUT2D eigenvalue weighted by Crippen LogP contribution is 2.32. The van der Waals surface area contributed by atoms with Crippen molar-refractivity contribution in [1.82, 2.24) is 14.5 Å². The molecule has 1 atom stereocenters. The van der Waals surface area contributed by atoms with Gasteiger partial charge < -0.3 is 24.4 Å². The second-order valence-corrected chi connectivity index (χ2v) is 9.52. The van der Waals surface area contributed by atoms with Crippen LogP contribution in [0.1, 0.15) is 44.1 Å². The summed E-state index contributed by atoms with van der Waals surface area (Å²) in [6, 6.07) is 17.2. The van der Waals surface area contributed by atoms with E-state index in [2.05, 4.69) is 12.2 Å². The molecule has 0 aliphatic carbocycles. The molecule has 0 aliphatic rings. The average Bonchev–Trinajstić information content (AvgIpc) is 2.97. The zero-order chi connectivity index (χ0) is 28.8. The number of nitrogens with zero attached hydrogens (tertiary/aromatic N) is 3. The summed E-state index contributed by atoms with van der Waals surface area (Å²) < 4.78 is 18.0. The van der Waals surface area contributed by atoms with Gasteiger partial charge in [-0.05, 0) is 62.2 Å². The van der Waals surface area contributed by atoms with Crippen molar-refractivity contribution in [3.05, 3.63) is 82.4 Å². The quantitative estimate of drug-likeness (QED) is 0.259. The highest BCUT2D eigenvalue weighted by molar-refractivity contribution is 5.91. The molecule has 9 heteroatoms. The number of urea groups is 1. The topological polar surface area (TPSA) is 94.9 Å². The van der Waals surface area contributed by atoms with Crippen LogP contribution in [-0.2, 0) is 0 Å². The molecule has 4 rings (SSSR count). The molecule has 40 heavy (non-hydrogen) atoms. The second kappa shape index (κ2) is 12.5. The van der Waals surface area contributed by atoms with Gasteiger partial charge in [0.05, 0.1) is 49.6 Å². The fourth-order valence-corrected chi connectivity index (χ4v) is 4.67. The minimum atomic E-state index is -0.571. The van der Waals surface area contributed by atoms with E-state index >= 15 is 0 Å². The highest BCUT2D eigenvalue weighted by atomic mass is 16.5. The van der Waals surface area contributed by atoms with Gasteiger partial charge in [-0.25, -0.2) is 9.78 Å². The Balaban J connectivity index is 1.86. The van der Waals surface area contributed by atoms with Crippen LogP contribution in [0.4, 0.5) is 10.5 Å². The van der Waals surface area contributed by atoms with E-state index in [0.29, 0.717) is 51.9 Å². The first-order valence-corrected chi connectivity index (χ1v) is 13.3. The van der Waals surface area contributed by atoms with Crippen molar-refractivity contribution in [1.29, 1.82) is 0 Å². The monoisotopic (exact) mass is 544 g/mol. The summed E-state index contributed by atoms with van der Waals surface area (Å²) in [5.41, 5.74) is 2.36. The van der Waals surface area contributed by atoms with Crippen molar-refractivity contribution in [2.24, 2.45) is 0 Å². The van der Waals surface area contributed by atoms with Crippen LogP contribution in [0, 0.1) is 6.92 Å². The molecule has 0 spiro atoms. The van der Waals surface area contributed by atoms with E-state index in [1.807, 2.05) is 50.2 Å². The predicted octanol–water partition coefficient (Wildman–Crippen LogP) is 6.12. The highest BCUT2D eigenvalue weighted by Gasteiger charge is 2.28. The maximum atomic E-state index is 14.0. The number of benzene rings is 3. The number of aryl methyl sites for hydroxylation is 1. The van der Waals surface area contributed by atoms with Crippen LogP contribution in [0.2, 0.25) is 0 Å². The number of aromatic nitrogens is 2. The molecule has 1 N–H and O–H groups in total. The van der Waals surface area contributed by atoms with Crippen LogP contribution in [0.15, 0.2) is 65.5 Å². The Hall–Kier alpha value is -4.53. The molecule has 1 unspecified atom stereocenters. The molecule has 0 aliphatic heterocycles. The summed E-state index contributed by atoms with van der Waals surface area (Å²) in [6.07, 6.45) is 1.65. The third-order valence-electron chi connectivity index (χ3n) is 6.88. The Kier molecular flexibility index (Phi) is 8.93. The van der Waals surface area contributed by atoms with E-state index in [0.717, 1.165) is 18.4 Å².